The summed E-state index contributed by atoms with van der Waals surface area (Å²) in [5.74, 6) is -0.00967. The molecular weight excluding hydrogens is 262 g/mol. The third-order valence-corrected chi connectivity index (χ3v) is 3.45. The Morgan fingerprint density at radius 1 is 1.05 bits per heavy atom. The van der Waals surface area contributed by atoms with E-state index in [1.807, 2.05) is 0 Å². The molecular formula is C17H29N3O. The van der Waals surface area contributed by atoms with Crippen LogP contribution in [0.15, 0.2) is 18.5 Å². The summed E-state index contributed by atoms with van der Waals surface area (Å²) in [7, 11) is 0. The van der Waals surface area contributed by atoms with Crippen LogP contribution in [0.5, 0.6) is 0 Å². The maximum absolute atomic E-state index is 12.2. The molecule has 0 aliphatic heterocycles. The van der Waals surface area contributed by atoms with E-state index >= 15 is 0 Å². The van der Waals surface area contributed by atoms with Gasteiger partial charge in [-0.05, 0) is 18.9 Å². The van der Waals surface area contributed by atoms with Gasteiger partial charge in [0.15, 0.2) is 0 Å². The lowest BCUT2D eigenvalue weighted by Crippen LogP contribution is -2.25. The fourth-order valence-electron chi connectivity index (χ4n) is 2.20. The van der Waals surface area contributed by atoms with Crippen LogP contribution in [-0.4, -0.2) is 24.0 Å². The molecule has 4 nitrogen and oxygen atoms in total. The van der Waals surface area contributed by atoms with E-state index in [4.69, 9.17) is 0 Å². The number of anilines is 1. The Balaban J connectivity index is 2.31. The highest BCUT2D eigenvalue weighted by Crippen LogP contribution is 2.13. The van der Waals surface area contributed by atoms with Gasteiger partial charge in [0.2, 0.25) is 0 Å². The van der Waals surface area contributed by atoms with Gasteiger partial charge < -0.3 is 10.6 Å². The summed E-state index contributed by atoms with van der Waals surface area (Å²) in [6.45, 7) is 5.92. The first-order chi connectivity index (χ1) is 10.3. The van der Waals surface area contributed by atoms with Crippen LogP contribution in [-0.2, 0) is 0 Å². The molecule has 0 atom stereocenters. The molecule has 1 rings (SSSR count). The summed E-state index contributed by atoms with van der Waals surface area (Å²) in [6, 6.07) is 1.77. The number of pyridine rings is 1. The largest absolute Gasteiger partial charge is 0.383 e. The van der Waals surface area contributed by atoms with Gasteiger partial charge in [0.1, 0.15) is 0 Å². The standard InChI is InChI=1S/C17H29N3O/c1-3-5-6-7-8-9-12-20-17(21)15-10-13-18-14-16(15)19-11-4-2/h10,13-14,19H,3-9,11-12H2,1-2H3,(H,20,21). The Kier molecular flexibility index (Phi) is 9.25. The molecule has 0 bridgehead atoms. The second-order valence-corrected chi connectivity index (χ2v) is 5.37. The molecule has 0 aliphatic rings. The molecule has 1 amide bonds. The second kappa shape index (κ2) is 11.1. The number of rotatable bonds is 11. The van der Waals surface area contributed by atoms with E-state index in [1.54, 1.807) is 18.5 Å². The van der Waals surface area contributed by atoms with E-state index in [0.717, 1.165) is 31.6 Å². The maximum atomic E-state index is 12.2. The molecule has 118 valence electrons. The lowest BCUT2D eigenvalue weighted by atomic mass is 10.1. The Morgan fingerprint density at radius 3 is 2.57 bits per heavy atom. The van der Waals surface area contributed by atoms with Crippen LogP contribution in [0.3, 0.4) is 0 Å². The molecule has 0 fully saturated rings. The van der Waals surface area contributed by atoms with Gasteiger partial charge in [0, 0.05) is 19.3 Å². The van der Waals surface area contributed by atoms with Crippen LogP contribution in [0, 0.1) is 0 Å². The number of unbranched alkanes of at least 4 members (excludes halogenated alkanes) is 5. The van der Waals surface area contributed by atoms with Crippen molar-refractivity contribution in [2.75, 3.05) is 18.4 Å². The molecule has 0 unspecified atom stereocenters. The number of carbonyl (C=O) groups is 1. The number of nitrogens with one attached hydrogen (secondary N) is 2. The highest BCUT2D eigenvalue weighted by molar-refractivity contribution is 5.99. The van der Waals surface area contributed by atoms with Crippen molar-refractivity contribution < 1.29 is 4.79 Å². The zero-order valence-electron chi connectivity index (χ0n) is 13.5. The first kappa shape index (κ1) is 17.5. The van der Waals surface area contributed by atoms with Gasteiger partial charge in [-0.2, -0.15) is 0 Å². The fraction of sp³-hybridized carbons (Fsp3) is 0.647. The first-order valence-corrected chi connectivity index (χ1v) is 8.25. The highest BCUT2D eigenvalue weighted by Gasteiger charge is 2.10. The van der Waals surface area contributed by atoms with E-state index in [1.165, 1.54) is 32.1 Å². The van der Waals surface area contributed by atoms with Crippen molar-refractivity contribution in [1.82, 2.24) is 10.3 Å². The lowest BCUT2D eigenvalue weighted by molar-refractivity contribution is 0.0953. The van der Waals surface area contributed by atoms with Crippen molar-refractivity contribution in [3.8, 4) is 0 Å². The van der Waals surface area contributed by atoms with E-state index < -0.39 is 0 Å². The Hall–Kier alpha value is -1.58. The predicted molar refractivity (Wildman–Crippen MR) is 88.7 cm³/mol. The normalized spacial score (nSPS) is 10.4. The van der Waals surface area contributed by atoms with Crippen LogP contribution in [0.4, 0.5) is 5.69 Å². The van der Waals surface area contributed by atoms with Crippen molar-refractivity contribution in [1.29, 1.82) is 0 Å². The highest BCUT2D eigenvalue weighted by atomic mass is 16.1. The van der Waals surface area contributed by atoms with Gasteiger partial charge >= 0.3 is 0 Å². The molecule has 0 aromatic carbocycles. The van der Waals surface area contributed by atoms with E-state index in [-0.39, 0.29) is 5.91 Å². The van der Waals surface area contributed by atoms with Gasteiger partial charge in [-0.25, -0.2) is 0 Å². The van der Waals surface area contributed by atoms with E-state index in [0.29, 0.717) is 5.56 Å². The second-order valence-electron chi connectivity index (χ2n) is 5.37. The SMILES string of the molecule is CCCCCCCCNC(=O)c1ccncc1NCCC. The van der Waals surface area contributed by atoms with Crippen molar-refractivity contribution in [2.24, 2.45) is 0 Å². The number of nitrogens with zero attached hydrogens (tertiary/aromatic N) is 1. The third-order valence-electron chi connectivity index (χ3n) is 3.45. The smallest absolute Gasteiger partial charge is 0.253 e. The number of hydrogen-bond acceptors (Lipinski definition) is 3. The average molecular weight is 291 g/mol. The first-order valence-electron chi connectivity index (χ1n) is 8.25. The number of carbonyl (C=O) groups excluding carboxylic acids is 1. The minimum Gasteiger partial charge on any atom is -0.383 e. The summed E-state index contributed by atoms with van der Waals surface area (Å²) in [5.41, 5.74) is 1.50. The minimum absolute atomic E-state index is 0.00967. The monoisotopic (exact) mass is 291 g/mol. The Labute approximate surface area is 128 Å². The van der Waals surface area contributed by atoms with Crippen LogP contribution < -0.4 is 10.6 Å². The van der Waals surface area contributed by atoms with Crippen molar-refractivity contribution in [3.05, 3.63) is 24.0 Å². The summed E-state index contributed by atoms with van der Waals surface area (Å²) in [5, 5.41) is 6.25. The molecule has 1 aromatic heterocycles. The number of hydrogen-bond donors (Lipinski definition) is 2. The lowest BCUT2D eigenvalue weighted by Gasteiger charge is -2.11. The zero-order valence-corrected chi connectivity index (χ0v) is 13.5. The Bertz CT molecular complexity index is 407. The summed E-state index contributed by atoms with van der Waals surface area (Å²) in [4.78, 5) is 16.3. The van der Waals surface area contributed by atoms with Gasteiger partial charge in [-0.3, -0.25) is 9.78 Å². The minimum atomic E-state index is -0.00967. The third kappa shape index (κ3) is 7.11. The van der Waals surface area contributed by atoms with Crippen LogP contribution in [0.2, 0.25) is 0 Å². The van der Waals surface area contributed by atoms with Crippen LogP contribution in [0.25, 0.3) is 0 Å². The maximum Gasteiger partial charge on any atom is 0.253 e. The van der Waals surface area contributed by atoms with Crippen molar-refractivity contribution >= 4 is 11.6 Å². The number of amides is 1. The van der Waals surface area contributed by atoms with E-state index in [9.17, 15) is 4.79 Å². The fourth-order valence-corrected chi connectivity index (χ4v) is 2.20. The van der Waals surface area contributed by atoms with Crippen molar-refractivity contribution in [3.63, 3.8) is 0 Å². The molecule has 0 spiro atoms. The molecule has 0 saturated carbocycles. The number of aromatic nitrogens is 1. The molecule has 0 aliphatic carbocycles. The molecule has 1 heterocycles. The average Bonchev–Trinajstić information content (AvgIpc) is 2.52. The van der Waals surface area contributed by atoms with Gasteiger partial charge in [-0.15, -0.1) is 0 Å². The Morgan fingerprint density at radius 2 is 1.81 bits per heavy atom. The van der Waals surface area contributed by atoms with Gasteiger partial charge in [0.25, 0.3) is 5.91 Å². The molecule has 1 aromatic rings. The zero-order chi connectivity index (χ0) is 15.3. The molecule has 0 saturated heterocycles. The predicted octanol–water partition coefficient (Wildman–Crippen LogP) is 3.99. The quantitative estimate of drug-likeness (QED) is 0.606. The van der Waals surface area contributed by atoms with Crippen LogP contribution >= 0.6 is 0 Å². The van der Waals surface area contributed by atoms with Gasteiger partial charge in [-0.1, -0.05) is 46.0 Å². The van der Waals surface area contributed by atoms with E-state index in [2.05, 4.69) is 29.5 Å². The molecule has 21 heavy (non-hydrogen) atoms. The molecule has 0 radical (unpaired) electrons. The molecule has 4 heteroatoms. The van der Waals surface area contributed by atoms with Crippen molar-refractivity contribution in [2.45, 2.75) is 58.8 Å². The van der Waals surface area contributed by atoms with Gasteiger partial charge in [0.05, 0.1) is 17.4 Å². The summed E-state index contributed by atoms with van der Waals surface area (Å²) < 4.78 is 0. The summed E-state index contributed by atoms with van der Waals surface area (Å²) in [6.07, 6.45) is 11.8. The van der Waals surface area contributed by atoms with Crippen LogP contribution in [0.1, 0.15) is 69.2 Å². The summed E-state index contributed by atoms with van der Waals surface area (Å²) >= 11 is 0. The molecule has 2 N–H and O–H groups in total. The topological polar surface area (TPSA) is 54.0 Å².